The van der Waals surface area contributed by atoms with E-state index in [0.717, 1.165) is 31.5 Å². The molecule has 3 heteroatoms. The predicted molar refractivity (Wildman–Crippen MR) is 86.6 cm³/mol. The fourth-order valence-corrected chi connectivity index (χ4v) is 2.32. The van der Waals surface area contributed by atoms with Crippen LogP contribution in [0, 0.1) is 0 Å². The second-order valence-corrected chi connectivity index (χ2v) is 5.49. The van der Waals surface area contributed by atoms with Crippen molar-refractivity contribution in [3.05, 3.63) is 59.4 Å². The average Bonchev–Trinajstić information content (AvgIpc) is 2.50. The second-order valence-electron chi connectivity index (χ2n) is 5.49. The van der Waals surface area contributed by atoms with Gasteiger partial charge in [-0.05, 0) is 49.1 Å². The van der Waals surface area contributed by atoms with Crippen LogP contribution >= 0.6 is 0 Å². The van der Waals surface area contributed by atoms with Crippen LogP contribution in [0.15, 0.2) is 42.6 Å². The van der Waals surface area contributed by atoms with E-state index in [2.05, 4.69) is 36.3 Å². The van der Waals surface area contributed by atoms with Gasteiger partial charge in [-0.2, -0.15) is 0 Å². The zero-order valence-electron chi connectivity index (χ0n) is 12.8. The van der Waals surface area contributed by atoms with Crippen LogP contribution in [-0.4, -0.2) is 22.7 Å². The molecule has 0 radical (unpaired) electrons. The summed E-state index contributed by atoms with van der Waals surface area (Å²) >= 11 is 0. The summed E-state index contributed by atoms with van der Waals surface area (Å²) in [4.78, 5) is 4.47. The molecule has 0 fully saturated rings. The summed E-state index contributed by atoms with van der Waals surface area (Å²) in [6, 6.07) is 12.1. The quantitative estimate of drug-likeness (QED) is 0.821. The number of nitrogens with one attached hydrogen (secondary N) is 1. The third kappa shape index (κ3) is 5.20. The maximum atomic E-state index is 9.27. The number of hydrogen-bond donors (Lipinski definition) is 2. The van der Waals surface area contributed by atoms with E-state index in [-0.39, 0.29) is 0 Å². The van der Waals surface area contributed by atoms with E-state index in [4.69, 9.17) is 0 Å². The van der Waals surface area contributed by atoms with Gasteiger partial charge in [0.15, 0.2) is 0 Å². The van der Waals surface area contributed by atoms with E-state index < -0.39 is 0 Å². The highest BCUT2D eigenvalue weighted by Crippen LogP contribution is 2.11. The lowest BCUT2D eigenvalue weighted by Crippen LogP contribution is -2.30. The number of phenols is 1. The average molecular weight is 284 g/mol. The number of hydrogen-bond acceptors (Lipinski definition) is 3. The molecule has 0 amide bonds. The minimum Gasteiger partial charge on any atom is -0.508 e. The van der Waals surface area contributed by atoms with Gasteiger partial charge < -0.3 is 10.4 Å². The van der Waals surface area contributed by atoms with E-state index in [0.29, 0.717) is 11.8 Å². The van der Waals surface area contributed by atoms with Crippen molar-refractivity contribution in [2.45, 2.75) is 39.2 Å². The third-order valence-corrected chi connectivity index (χ3v) is 3.65. The molecule has 0 spiro atoms. The highest BCUT2D eigenvalue weighted by atomic mass is 16.3. The molecule has 2 aromatic rings. The molecule has 2 rings (SSSR count). The summed E-state index contributed by atoms with van der Waals surface area (Å²) in [6.45, 7) is 5.25. The van der Waals surface area contributed by atoms with Gasteiger partial charge in [-0.15, -0.1) is 0 Å². The number of nitrogens with zero attached hydrogens (tertiary/aromatic N) is 1. The number of aryl methyl sites for hydroxylation is 1. The Labute approximate surface area is 127 Å². The molecule has 3 nitrogen and oxygen atoms in total. The highest BCUT2D eigenvalue weighted by Gasteiger charge is 2.03. The molecular formula is C18H24N2O. The number of aromatic hydroxyl groups is 1. The van der Waals surface area contributed by atoms with Crippen molar-refractivity contribution in [2.75, 3.05) is 6.54 Å². The lowest BCUT2D eigenvalue weighted by molar-refractivity contribution is 0.474. The minimum absolute atomic E-state index is 0.320. The number of aromatic nitrogens is 1. The van der Waals surface area contributed by atoms with Crippen LogP contribution in [0.5, 0.6) is 5.75 Å². The molecule has 1 unspecified atom stereocenters. The van der Waals surface area contributed by atoms with Crippen molar-refractivity contribution in [3.63, 3.8) is 0 Å². The number of phenolic OH excluding ortho intramolecular Hbond substituents is 1. The normalized spacial score (nSPS) is 12.3. The molecule has 1 atom stereocenters. The zero-order valence-corrected chi connectivity index (χ0v) is 12.8. The van der Waals surface area contributed by atoms with E-state index in [1.54, 1.807) is 12.1 Å². The second kappa shape index (κ2) is 7.79. The largest absolute Gasteiger partial charge is 0.508 e. The van der Waals surface area contributed by atoms with Gasteiger partial charge in [-0.3, -0.25) is 4.98 Å². The maximum Gasteiger partial charge on any atom is 0.115 e. The summed E-state index contributed by atoms with van der Waals surface area (Å²) in [7, 11) is 0. The van der Waals surface area contributed by atoms with Crippen LogP contribution in [0.3, 0.4) is 0 Å². The van der Waals surface area contributed by atoms with Crippen LogP contribution < -0.4 is 5.32 Å². The molecule has 0 aliphatic heterocycles. The molecule has 21 heavy (non-hydrogen) atoms. The first kappa shape index (κ1) is 15.5. The van der Waals surface area contributed by atoms with Crippen molar-refractivity contribution in [3.8, 4) is 5.75 Å². The third-order valence-electron chi connectivity index (χ3n) is 3.65. The fraction of sp³-hybridized carbons (Fsp3) is 0.389. The van der Waals surface area contributed by atoms with Crippen molar-refractivity contribution in [1.29, 1.82) is 0 Å². The van der Waals surface area contributed by atoms with Gasteiger partial charge in [-0.25, -0.2) is 0 Å². The van der Waals surface area contributed by atoms with E-state index in [9.17, 15) is 5.11 Å². The Hall–Kier alpha value is -1.87. The molecule has 0 aliphatic carbocycles. The number of pyridine rings is 1. The maximum absolute atomic E-state index is 9.27. The van der Waals surface area contributed by atoms with Crippen LogP contribution in [0.4, 0.5) is 0 Å². The first-order chi connectivity index (χ1) is 10.2. The molecule has 0 saturated carbocycles. The molecule has 112 valence electrons. The van der Waals surface area contributed by atoms with Crippen LogP contribution in [0.1, 0.15) is 30.7 Å². The predicted octanol–water partition coefficient (Wildman–Crippen LogP) is 3.11. The Kier molecular flexibility index (Phi) is 5.76. The molecule has 0 bridgehead atoms. The lowest BCUT2D eigenvalue weighted by atomic mass is 10.1. The molecule has 2 N–H and O–H groups in total. The molecule has 1 aromatic heterocycles. The Balaban J connectivity index is 1.73. The molecule has 1 heterocycles. The monoisotopic (exact) mass is 284 g/mol. The highest BCUT2D eigenvalue weighted by molar-refractivity contribution is 5.26. The van der Waals surface area contributed by atoms with Crippen molar-refractivity contribution in [2.24, 2.45) is 0 Å². The van der Waals surface area contributed by atoms with Crippen molar-refractivity contribution >= 4 is 0 Å². The van der Waals surface area contributed by atoms with Crippen molar-refractivity contribution < 1.29 is 5.11 Å². The Morgan fingerprint density at radius 3 is 2.43 bits per heavy atom. The lowest BCUT2D eigenvalue weighted by Gasteiger charge is -2.14. The van der Waals surface area contributed by atoms with Gasteiger partial charge in [0, 0.05) is 30.9 Å². The number of benzene rings is 1. The van der Waals surface area contributed by atoms with Crippen LogP contribution in [-0.2, 0) is 19.3 Å². The molecular weight excluding hydrogens is 260 g/mol. The summed E-state index contributed by atoms with van der Waals surface area (Å²) in [5, 5.41) is 12.8. The van der Waals surface area contributed by atoms with E-state index >= 15 is 0 Å². The summed E-state index contributed by atoms with van der Waals surface area (Å²) in [5.41, 5.74) is 3.65. The Bertz CT molecular complexity index is 534. The van der Waals surface area contributed by atoms with Gasteiger partial charge in [-0.1, -0.05) is 25.1 Å². The molecule has 0 saturated heterocycles. The molecule has 1 aromatic carbocycles. The first-order valence-electron chi connectivity index (χ1n) is 7.62. The fourth-order valence-electron chi connectivity index (χ4n) is 2.32. The summed E-state index contributed by atoms with van der Waals surface area (Å²) in [6.07, 6.45) is 4.91. The van der Waals surface area contributed by atoms with Crippen molar-refractivity contribution in [1.82, 2.24) is 10.3 Å². The summed E-state index contributed by atoms with van der Waals surface area (Å²) < 4.78 is 0. The van der Waals surface area contributed by atoms with E-state index in [1.165, 1.54) is 11.1 Å². The van der Waals surface area contributed by atoms with Gasteiger partial charge in [0.05, 0.1) is 0 Å². The first-order valence-corrected chi connectivity index (χ1v) is 7.62. The smallest absolute Gasteiger partial charge is 0.115 e. The zero-order chi connectivity index (χ0) is 15.1. The minimum atomic E-state index is 0.320. The molecule has 0 aliphatic rings. The van der Waals surface area contributed by atoms with Gasteiger partial charge in [0.25, 0.3) is 0 Å². The van der Waals surface area contributed by atoms with Crippen LogP contribution in [0.25, 0.3) is 0 Å². The van der Waals surface area contributed by atoms with Gasteiger partial charge >= 0.3 is 0 Å². The van der Waals surface area contributed by atoms with Crippen LogP contribution in [0.2, 0.25) is 0 Å². The Morgan fingerprint density at radius 2 is 1.81 bits per heavy atom. The van der Waals surface area contributed by atoms with Gasteiger partial charge in [0.1, 0.15) is 5.75 Å². The standard InChI is InChI=1S/C18H24N2O/c1-3-15-4-7-17(20-13-15)10-11-19-14(2)12-16-5-8-18(21)9-6-16/h4-9,13-14,19,21H,3,10-12H2,1-2H3. The van der Waals surface area contributed by atoms with E-state index in [1.807, 2.05) is 18.3 Å². The SMILES string of the molecule is CCc1ccc(CCNC(C)Cc2ccc(O)cc2)nc1. The number of rotatable bonds is 7. The Morgan fingerprint density at radius 1 is 1.10 bits per heavy atom. The topological polar surface area (TPSA) is 45.1 Å². The van der Waals surface area contributed by atoms with Gasteiger partial charge in [0.2, 0.25) is 0 Å². The summed E-state index contributed by atoms with van der Waals surface area (Å²) in [5.74, 6) is 0.320.